The van der Waals surface area contributed by atoms with Crippen molar-refractivity contribution in [2.75, 3.05) is 39.5 Å². The van der Waals surface area contributed by atoms with E-state index in [0.29, 0.717) is 12.0 Å². The second-order valence-corrected chi connectivity index (χ2v) is 9.75. The molecular weight excluding hydrogens is 338 g/mol. The van der Waals surface area contributed by atoms with Crippen molar-refractivity contribution in [2.45, 2.75) is 50.0 Å². The number of benzene rings is 1. The minimum Gasteiger partial charge on any atom is -0.491 e. The van der Waals surface area contributed by atoms with Crippen LogP contribution >= 0.6 is 0 Å². The zero-order chi connectivity index (χ0) is 18.3. The van der Waals surface area contributed by atoms with Gasteiger partial charge in [0.15, 0.2) is 0 Å². The molecule has 1 heterocycles. The topological polar surface area (TPSA) is 43.1 Å². The molecule has 5 fully saturated rings. The van der Waals surface area contributed by atoms with Gasteiger partial charge in [0.2, 0.25) is 0 Å². The number of hydrogen-bond acceptors (Lipinski definition) is 3. The van der Waals surface area contributed by atoms with Gasteiger partial charge in [-0.15, -0.1) is 0 Å². The number of nitrogens with one attached hydrogen (secondary N) is 1. The van der Waals surface area contributed by atoms with Gasteiger partial charge in [0.25, 0.3) is 0 Å². The molecular formula is C23H34NO3+. The van der Waals surface area contributed by atoms with Gasteiger partial charge >= 0.3 is 0 Å². The highest BCUT2D eigenvalue weighted by atomic mass is 16.5. The summed E-state index contributed by atoms with van der Waals surface area (Å²) >= 11 is 0. The van der Waals surface area contributed by atoms with E-state index < -0.39 is 6.10 Å². The lowest BCUT2D eigenvalue weighted by Gasteiger charge is -2.57. The second-order valence-electron chi connectivity index (χ2n) is 9.75. The number of quaternary nitrogens is 1. The Morgan fingerprint density at radius 2 is 1.59 bits per heavy atom. The largest absolute Gasteiger partial charge is 0.491 e. The molecule has 0 spiro atoms. The van der Waals surface area contributed by atoms with E-state index in [2.05, 4.69) is 24.3 Å². The van der Waals surface area contributed by atoms with Crippen molar-refractivity contribution in [3.63, 3.8) is 0 Å². The number of rotatable bonds is 6. The second kappa shape index (κ2) is 7.38. The predicted octanol–water partition coefficient (Wildman–Crippen LogP) is 1.81. The van der Waals surface area contributed by atoms with Gasteiger partial charge in [0.1, 0.15) is 38.1 Å². The summed E-state index contributed by atoms with van der Waals surface area (Å²) in [4.78, 5) is 1.41. The highest BCUT2D eigenvalue weighted by molar-refractivity contribution is 5.34. The fraction of sp³-hybridized carbons (Fsp3) is 0.739. The highest BCUT2D eigenvalue weighted by Crippen LogP contribution is 2.60. The lowest BCUT2D eigenvalue weighted by atomic mass is 9.48. The predicted molar refractivity (Wildman–Crippen MR) is 104 cm³/mol. The Morgan fingerprint density at radius 1 is 1.00 bits per heavy atom. The van der Waals surface area contributed by atoms with Crippen LogP contribution in [0.25, 0.3) is 0 Å². The molecule has 0 amide bonds. The fourth-order valence-electron chi connectivity index (χ4n) is 6.82. The van der Waals surface area contributed by atoms with E-state index in [4.69, 9.17) is 9.47 Å². The van der Waals surface area contributed by atoms with Crippen molar-refractivity contribution >= 4 is 0 Å². The molecule has 5 aliphatic rings. The summed E-state index contributed by atoms with van der Waals surface area (Å²) in [5.41, 5.74) is 1.99. The number of aliphatic hydroxyl groups excluding tert-OH is 1. The standard InChI is InChI=1S/C23H33NO3/c25-21(15-24-5-7-26-8-6-24)16-27-22-3-1-20(2-4-22)23-12-17-9-18(13-23)11-19(10-17)14-23/h1-4,17-19,21,25H,5-16H2/p+1/t17?,18?,19?,21-,23?/m0/s1. The first-order chi connectivity index (χ1) is 13.2. The molecule has 1 aromatic carbocycles. The summed E-state index contributed by atoms with van der Waals surface area (Å²) in [6.07, 6.45) is 8.26. The lowest BCUT2D eigenvalue weighted by Crippen LogP contribution is -3.15. The molecule has 1 saturated heterocycles. The minimum atomic E-state index is -0.416. The Hall–Kier alpha value is -1.10. The van der Waals surface area contributed by atoms with Gasteiger partial charge in [0, 0.05) is 0 Å². The molecule has 4 saturated carbocycles. The molecule has 0 aromatic heterocycles. The zero-order valence-corrected chi connectivity index (χ0v) is 16.4. The van der Waals surface area contributed by atoms with Gasteiger partial charge in [-0.2, -0.15) is 0 Å². The van der Waals surface area contributed by atoms with Gasteiger partial charge < -0.3 is 19.5 Å². The SMILES string of the molecule is O[C@H](COc1ccc(C23CC4CC(CC(C4)C2)C3)cc1)C[NH+]1CCOCC1. The first-order valence-corrected chi connectivity index (χ1v) is 11.0. The van der Waals surface area contributed by atoms with Gasteiger partial charge in [-0.1, -0.05) is 12.1 Å². The van der Waals surface area contributed by atoms with Crippen molar-refractivity contribution in [3.8, 4) is 5.75 Å². The van der Waals surface area contributed by atoms with E-state index in [1.165, 1.54) is 49.0 Å². The van der Waals surface area contributed by atoms with Gasteiger partial charge in [0.05, 0.1) is 13.2 Å². The summed E-state index contributed by atoms with van der Waals surface area (Å²) in [6, 6.07) is 8.87. The summed E-state index contributed by atoms with van der Waals surface area (Å²) < 4.78 is 11.3. The molecule has 0 unspecified atom stereocenters. The number of aliphatic hydroxyl groups is 1. The molecule has 4 nitrogen and oxygen atoms in total. The van der Waals surface area contributed by atoms with Crippen molar-refractivity contribution in [2.24, 2.45) is 17.8 Å². The maximum Gasteiger partial charge on any atom is 0.137 e. The quantitative estimate of drug-likeness (QED) is 0.800. The third kappa shape index (κ3) is 3.76. The zero-order valence-electron chi connectivity index (χ0n) is 16.4. The smallest absolute Gasteiger partial charge is 0.137 e. The Labute approximate surface area is 162 Å². The molecule has 27 heavy (non-hydrogen) atoms. The van der Waals surface area contributed by atoms with E-state index in [-0.39, 0.29) is 0 Å². The van der Waals surface area contributed by atoms with Gasteiger partial charge in [-0.05, 0) is 79.4 Å². The van der Waals surface area contributed by atoms with Crippen LogP contribution < -0.4 is 9.64 Å². The first kappa shape index (κ1) is 18.0. The van der Waals surface area contributed by atoms with Crippen molar-refractivity contribution in [1.82, 2.24) is 0 Å². The van der Waals surface area contributed by atoms with Crippen LogP contribution in [-0.4, -0.2) is 50.7 Å². The number of hydrogen-bond donors (Lipinski definition) is 2. The maximum absolute atomic E-state index is 10.3. The molecule has 4 heteroatoms. The van der Waals surface area contributed by atoms with Crippen molar-refractivity contribution in [3.05, 3.63) is 29.8 Å². The molecule has 6 rings (SSSR count). The van der Waals surface area contributed by atoms with Crippen LogP contribution in [0.5, 0.6) is 5.75 Å². The van der Waals surface area contributed by atoms with E-state index in [1.807, 2.05) is 0 Å². The van der Waals surface area contributed by atoms with Gasteiger partial charge in [-0.3, -0.25) is 0 Å². The van der Waals surface area contributed by atoms with Gasteiger partial charge in [-0.25, -0.2) is 0 Å². The average Bonchev–Trinajstić information content (AvgIpc) is 2.66. The van der Waals surface area contributed by atoms with Crippen LogP contribution in [0.15, 0.2) is 24.3 Å². The monoisotopic (exact) mass is 372 g/mol. The van der Waals surface area contributed by atoms with Crippen LogP contribution in [-0.2, 0) is 10.2 Å². The van der Waals surface area contributed by atoms with Crippen LogP contribution in [0.1, 0.15) is 44.1 Å². The fourth-order valence-corrected chi connectivity index (χ4v) is 6.82. The normalized spacial score (nSPS) is 36.7. The van der Waals surface area contributed by atoms with E-state index >= 15 is 0 Å². The Balaban J connectivity index is 1.17. The maximum atomic E-state index is 10.3. The Morgan fingerprint density at radius 3 is 2.19 bits per heavy atom. The number of ether oxygens (including phenoxy) is 2. The summed E-state index contributed by atoms with van der Waals surface area (Å²) in [7, 11) is 0. The Bertz CT molecular complexity index is 602. The van der Waals surface area contributed by atoms with E-state index in [9.17, 15) is 5.11 Å². The van der Waals surface area contributed by atoms with Crippen molar-refractivity contribution < 1.29 is 19.5 Å². The molecule has 2 N–H and O–H groups in total. The van der Waals surface area contributed by atoms with E-state index in [0.717, 1.165) is 56.4 Å². The molecule has 4 aliphatic carbocycles. The Kier molecular flexibility index (Phi) is 4.91. The summed E-state index contributed by atoms with van der Waals surface area (Å²) in [5, 5.41) is 10.3. The molecule has 1 aliphatic heterocycles. The van der Waals surface area contributed by atoms with Crippen molar-refractivity contribution in [1.29, 1.82) is 0 Å². The highest BCUT2D eigenvalue weighted by Gasteiger charge is 2.51. The average molecular weight is 373 g/mol. The molecule has 0 radical (unpaired) electrons. The van der Waals surface area contributed by atoms with Crippen LogP contribution in [0.4, 0.5) is 0 Å². The molecule has 1 atom stereocenters. The number of morpholine rings is 1. The molecule has 148 valence electrons. The summed E-state index contributed by atoms with van der Waals surface area (Å²) in [6.45, 7) is 4.69. The first-order valence-electron chi connectivity index (χ1n) is 11.0. The van der Waals surface area contributed by atoms with Crippen LogP contribution in [0.3, 0.4) is 0 Å². The minimum absolute atomic E-state index is 0.376. The molecule has 1 aromatic rings. The molecule has 4 bridgehead atoms. The van der Waals surface area contributed by atoms with Crippen LogP contribution in [0.2, 0.25) is 0 Å². The third-order valence-corrected chi connectivity index (χ3v) is 7.67. The van der Waals surface area contributed by atoms with Crippen LogP contribution in [0, 0.1) is 17.8 Å². The third-order valence-electron chi connectivity index (χ3n) is 7.67. The lowest BCUT2D eigenvalue weighted by molar-refractivity contribution is -0.911. The van der Waals surface area contributed by atoms with E-state index in [1.54, 1.807) is 0 Å². The summed E-state index contributed by atoms with van der Waals surface area (Å²) in [5.74, 6) is 3.82.